The molecule has 0 spiro atoms. The summed E-state index contributed by atoms with van der Waals surface area (Å²) < 4.78 is 4.44. The third-order valence-electron chi connectivity index (χ3n) is 2.47. The zero-order valence-electron chi connectivity index (χ0n) is 10.6. The number of carbonyl (C=O) groups excluding carboxylic acids is 1. The summed E-state index contributed by atoms with van der Waals surface area (Å²) in [5, 5.41) is 9.39. The number of aryl methyl sites for hydroxylation is 1. The average molecular weight is 246 g/mol. The molecule has 1 N–H and O–H groups in total. The number of aliphatic hydroxyl groups is 1. The Morgan fingerprint density at radius 2 is 2.11 bits per heavy atom. The lowest BCUT2D eigenvalue weighted by atomic mass is 10.1. The number of hydrogen-bond donors (Lipinski definition) is 1. The molecule has 0 aromatic heterocycles. The maximum atomic E-state index is 10.8. The van der Waals surface area contributed by atoms with E-state index in [1.54, 1.807) is 0 Å². The highest BCUT2D eigenvalue weighted by atomic mass is 16.5. The van der Waals surface area contributed by atoms with Crippen LogP contribution in [0.25, 0.3) is 0 Å². The zero-order chi connectivity index (χ0) is 13.2. The molecule has 96 valence electrons. The maximum Gasteiger partial charge on any atom is 0.309 e. The number of unbranched alkanes of at least 4 members (excludes halogenated alkanes) is 1. The molecule has 0 aliphatic rings. The van der Waals surface area contributed by atoms with Crippen LogP contribution in [0, 0.1) is 11.8 Å². The van der Waals surface area contributed by atoms with E-state index in [0.717, 1.165) is 12.8 Å². The summed E-state index contributed by atoms with van der Waals surface area (Å²) in [6.07, 6.45) is 1.65. The van der Waals surface area contributed by atoms with Gasteiger partial charge in [-0.15, -0.1) is 5.92 Å². The summed E-state index contributed by atoms with van der Waals surface area (Å²) in [5.41, 5.74) is 1.29. The molecule has 0 heterocycles. The fourth-order valence-electron chi connectivity index (χ4n) is 1.51. The lowest BCUT2D eigenvalue weighted by Gasteiger charge is -2.00. The van der Waals surface area contributed by atoms with Gasteiger partial charge in [0.25, 0.3) is 0 Å². The Kier molecular flexibility index (Phi) is 6.60. The van der Waals surface area contributed by atoms with Crippen molar-refractivity contribution in [3.8, 4) is 11.8 Å². The Morgan fingerprint density at radius 3 is 2.78 bits per heavy atom. The molecule has 3 nitrogen and oxygen atoms in total. The van der Waals surface area contributed by atoms with E-state index >= 15 is 0 Å². The van der Waals surface area contributed by atoms with Crippen LogP contribution in [0.5, 0.6) is 0 Å². The fourth-order valence-corrected chi connectivity index (χ4v) is 1.51. The Morgan fingerprint density at radius 1 is 1.39 bits per heavy atom. The Hall–Kier alpha value is -1.79. The maximum absolute atomic E-state index is 10.8. The Labute approximate surface area is 108 Å². The number of rotatable bonds is 5. The lowest BCUT2D eigenvalue weighted by molar-refractivity contribution is -0.142. The van der Waals surface area contributed by atoms with Gasteiger partial charge in [0.05, 0.1) is 13.5 Å². The van der Waals surface area contributed by atoms with E-state index in [4.69, 9.17) is 0 Å². The minimum Gasteiger partial charge on any atom is -0.469 e. The van der Waals surface area contributed by atoms with Crippen molar-refractivity contribution in [3.05, 3.63) is 35.9 Å². The molecular formula is C15H18O3. The molecule has 0 unspecified atom stereocenters. The first-order chi connectivity index (χ1) is 8.72. The van der Waals surface area contributed by atoms with E-state index < -0.39 is 12.1 Å². The summed E-state index contributed by atoms with van der Waals surface area (Å²) in [6.45, 7) is 0. The van der Waals surface area contributed by atoms with Gasteiger partial charge in [0.1, 0.15) is 6.10 Å². The minimum absolute atomic E-state index is 0.0673. The van der Waals surface area contributed by atoms with Crippen molar-refractivity contribution in [2.75, 3.05) is 7.11 Å². The molecule has 0 amide bonds. The molecule has 3 heteroatoms. The van der Waals surface area contributed by atoms with Crippen molar-refractivity contribution in [1.29, 1.82) is 0 Å². The lowest BCUT2D eigenvalue weighted by Crippen LogP contribution is -2.12. The van der Waals surface area contributed by atoms with Crippen molar-refractivity contribution in [3.63, 3.8) is 0 Å². The second-order valence-electron chi connectivity index (χ2n) is 3.96. The van der Waals surface area contributed by atoms with Crippen molar-refractivity contribution < 1.29 is 14.6 Å². The number of hydrogen-bond acceptors (Lipinski definition) is 3. The van der Waals surface area contributed by atoms with Crippen LogP contribution in [0.15, 0.2) is 30.3 Å². The van der Waals surface area contributed by atoms with E-state index in [1.807, 2.05) is 18.2 Å². The molecule has 0 radical (unpaired) electrons. The minimum atomic E-state index is -0.922. The van der Waals surface area contributed by atoms with Gasteiger partial charge in [-0.25, -0.2) is 0 Å². The van der Waals surface area contributed by atoms with Crippen molar-refractivity contribution >= 4 is 5.97 Å². The predicted molar refractivity (Wildman–Crippen MR) is 69.8 cm³/mol. The molecule has 1 aromatic rings. The van der Waals surface area contributed by atoms with Crippen LogP contribution in [-0.4, -0.2) is 24.3 Å². The van der Waals surface area contributed by atoms with Crippen LogP contribution in [0.1, 0.15) is 24.8 Å². The largest absolute Gasteiger partial charge is 0.469 e. The number of esters is 1. The van der Waals surface area contributed by atoms with E-state index in [2.05, 4.69) is 28.7 Å². The van der Waals surface area contributed by atoms with E-state index in [0.29, 0.717) is 6.42 Å². The molecule has 0 fully saturated rings. The van der Waals surface area contributed by atoms with Gasteiger partial charge in [-0.1, -0.05) is 36.3 Å². The third kappa shape index (κ3) is 6.07. The molecular weight excluding hydrogens is 228 g/mol. The first kappa shape index (κ1) is 14.3. The zero-order valence-corrected chi connectivity index (χ0v) is 10.6. The van der Waals surface area contributed by atoms with Gasteiger partial charge in [-0.3, -0.25) is 4.79 Å². The van der Waals surface area contributed by atoms with Crippen LogP contribution in [0.2, 0.25) is 0 Å². The molecule has 0 aliphatic heterocycles. The van der Waals surface area contributed by atoms with Gasteiger partial charge in [-0.05, 0) is 18.4 Å². The van der Waals surface area contributed by atoms with E-state index in [1.165, 1.54) is 12.7 Å². The van der Waals surface area contributed by atoms with Crippen molar-refractivity contribution in [1.82, 2.24) is 0 Å². The highest BCUT2D eigenvalue weighted by Gasteiger charge is 2.06. The smallest absolute Gasteiger partial charge is 0.309 e. The van der Waals surface area contributed by atoms with E-state index in [-0.39, 0.29) is 6.42 Å². The third-order valence-corrected chi connectivity index (χ3v) is 2.47. The van der Waals surface area contributed by atoms with Gasteiger partial charge >= 0.3 is 5.97 Å². The monoisotopic (exact) mass is 246 g/mol. The Bertz CT molecular complexity index is 414. The van der Waals surface area contributed by atoms with Gasteiger partial charge in [0.2, 0.25) is 0 Å². The first-order valence-corrected chi connectivity index (χ1v) is 5.99. The molecule has 1 aromatic carbocycles. The number of aliphatic hydroxyl groups excluding tert-OH is 1. The predicted octanol–water partition coefficient (Wildman–Crippen LogP) is 1.94. The van der Waals surface area contributed by atoms with Crippen LogP contribution in [-0.2, 0) is 16.0 Å². The summed E-state index contributed by atoms with van der Waals surface area (Å²) in [4.78, 5) is 10.8. The molecule has 0 saturated heterocycles. The normalized spacial score (nSPS) is 11.2. The van der Waals surface area contributed by atoms with E-state index in [9.17, 15) is 9.90 Å². The standard InChI is InChI=1S/C15H18O3/c1-18-15(17)12-14(16)11-7-3-6-10-13-8-4-2-5-9-13/h2,4-5,8-9,14,16H,3,6,10,12H2,1H3/t14-/m0/s1. The SMILES string of the molecule is COC(=O)C[C@@H](O)C#CCCCc1ccccc1. The number of carbonyl (C=O) groups is 1. The summed E-state index contributed by atoms with van der Waals surface area (Å²) >= 11 is 0. The van der Waals surface area contributed by atoms with Gasteiger partial charge in [-0.2, -0.15) is 0 Å². The summed E-state index contributed by atoms with van der Waals surface area (Å²) in [6, 6.07) is 10.2. The van der Waals surface area contributed by atoms with Crippen LogP contribution in [0.4, 0.5) is 0 Å². The molecule has 1 atom stereocenters. The molecule has 1 rings (SSSR count). The second-order valence-corrected chi connectivity index (χ2v) is 3.96. The quantitative estimate of drug-likeness (QED) is 0.490. The summed E-state index contributed by atoms with van der Waals surface area (Å²) in [7, 11) is 1.29. The van der Waals surface area contributed by atoms with Crippen LogP contribution in [0.3, 0.4) is 0 Å². The highest BCUT2D eigenvalue weighted by molar-refractivity contribution is 5.70. The number of ether oxygens (including phenoxy) is 1. The average Bonchev–Trinajstić information content (AvgIpc) is 2.39. The van der Waals surface area contributed by atoms with Crippen molar-refractivity contribution in [2.45, 2.75) is 31.8 Å². The van der Waals surface area contributed by atoms with Crippen LogP contribution < -0.4 is 0 Å². The van der Waals surface area contributed by atoms with Crippen molar-refractivity contribution in [2.24, 2.45) is 0 Å². The van der Waals surface area contributed by atoms with Gasteiger partial charge in [0.15, 0.2) is 0 Å². The molecule has 0 aliphatic carbocycles. The Balaban J connectivity index is 2.20. The second kappa shape index (κ2) is 8.32. The molecule has 0 bridgehead atoms. The summed E-state index contributed by atoms with van der Waals surface area (Å²) in [5.74, 6) is 5.07. The first-order valence-electron chi connectivity index (χ1n) is 5.99. The number of methoxy groups -OCH3 is 1. The van der Waals surface area contributed by atoms with Gasteiger partial charge in [0, 0.05) is 6.42 Å². The topological polar surface area (TPSA) is 46.5 Å². The molecule has 0 saturated carbocycles. The van der Waals surface area contributed by atoms with Crippen LogP contribution >= 0.6 is 0 Å². The number of benzene rings is 1. The molecule has 18 heavy (non-hydrogen) atoms. The van der Waals surface area contributed by atoms with Gasteiger partial charge < -0.3 is 9.84 Å². The highest BCUT2D eigenvalue weighted by Crippen LogP contribution is 2.03. The fraction of sp³-hybridized carbons (Fsp3) is 0.400.